The number of nitrogens with zero attached hydrogens (tertiary/aromatic N) is 8. The predicted molar refractivity (Wildman–Crippen MR) is 85.0 cm³/mol. The van der Waals surface area contributed by atoms with E-state index in [0.717, 1.165) is 42.5 Å². The number of anilines is 1. The molecule has 8 nitrogen and oxygen atoms in total. The summed E-state index contributed by atoms with van der Waals surface area (Å²) in [6.07, 6.45) is 5.42. The largest absolute Gasteiger partial charge is 0.352 e. The van der Waals surface area contributed by atoms with Crippen LogP contribution in [0.2, 0.25) is 0 Å². The second-order valence-corrected chi connectivity index (χ2v) is 5.94. The molecular formula is C15H18N8. The van der Waals surface area contributed by atoms with Gasteiger partial charge in [0.1, 0.15) is 18.0 Å². The maximum absolute atomic E-state index is 4.52. The van der Waals surface area contributed by atoms with Gasteiger partial charge in [0.25, 0.3) is 0 Å². The van der Waals surface area contributed by atoms with Gasteiger partial charge in [-0.25, -0.2) is 9.97 Å². The van der Waals surface area contributed by atoms with Crippen LogP contribution in [0.4, 0.5) is 5.82 Å². The first-order valence-electron chi connectivity index (χ1n) is 7.59. The summed E-state index contributed by atoms with van der Waals surface area (Å²) in [5.74, 6) is 1.77. The van der Waals surface area contributed by atoms with E-state index in [9.17, 15) is 0 Å². The van der Waals surface area contributed by atoms with Crippen LogP contribution in [-0.2, 0) is 6.54 Å². The topological polar surface area (TPSA) is 75.3 Å². The molecule has 4 rings (SSSR count). The lowest BCUT2D eigenvalue weighted by Crippen LogP contribution is -2.58. The summed E-state index contributed by atoms with van der Waals surface area (Å²) in [5, 5.41) is 12.3. The number of aromatic nitrogens is 6. The summed E-state index contributed by atoms with van der Waals surface area (Å²) in [6.45, 7) is 4.68. The summed E-state index contributed by atoms with van der Waals surface area (Å²) in [7, 11) is 2.14. The fourth-order valence-corrected chi connectivity index (χ4v) is 2.73. The number of likely N-dealkylation sites (N-methyl/N-ethyl adjacent to an activating group) is 1. The van der Waals surface area contributed by atoms with Crippen LogP contribution in [0.1, 0.15) is 11.4 Å². The average Bonchev–Trinajstić information content (AvgIpc) is 2.96. The molecule has 0 bridgehead atoms. The molecule has 118 valence electrons. The second-order valence-electron chi connectivity index (χ2n) is 5.94. The lowest BCUT2D eigenvalue weighted by atomic mass is 10.1. The lowest BCUT2D eigenvalue weighted by molar-refractivity contribution is 0.196. The molecule has 23 heavy (non-hydrogen) atoms. The van der Waals surface area contributed by atoms with Crippen molar-refractivity contribution >= 4 is 11.5 Å². The lowest BCUT2D eigenvalue weighted by Gasteiger charge is -2.44. The van der Waals surface area contributed by atoms with Gasteiger partial charge in [-0.1, -0.05) is 0 Å². The van der Waals surface area contributed by atoms with Gasteiger partial charge in [-0.3, -0.25) is 4.90 Å². The molecule has 0 saturated carbocycles. The van der Waals surface area contributed by atoms with Crippen LogP contribution in [-0.4, -0.2) is 60.9 Å². The highest BCUT2D eigenvalue weighted by molar-refractivity contribution is 5.47. The van der Waals surface area contributed by atoms with E-state index in [1.165, 1.54) is 0 Å². The van der Waals surface area contributed by atoms with Crippen LogP contribution < -0.4 is 4.90 Å². The molecule has 0 radical (unpaired) electrons. The van der Waals surface area contributed by atoms with Gasteiger partial charge in [0, 0.05) is 43.6 Å². The van der Waals surface area contributed by atoms with Gasteiger partial charge in [0.2, 0.25) is 0 Å². The standard InChI is InChI=1S/C15H18N8/c1-11-16-5-12(6-17-11)7-21(2)13-8-22(9-13)15-4-3-14-19-18-10-23(14)20-15/h3-6,10,13H,7-9H2,1-2H3. The van der Waals surface area contributed by atoms with Crippen LogP contribution in [0.25, 0.3) is 5.65 Å². The monoisotopic (exact) mass is 310 g/mol. The Bertz CT molecular complexity index is 806. The zero-order valence-electron chi connectivity index (χ0n) is 13.2. The minimum Gasteiger partial charge on any atom is -0.352 e. The second kappa shape index (κ2) is 5.54. The number of rotatable bonds is 4. The molecule has 1 fully saturated rings. The zero-order chi connectivity index (χ0) is 15.8. The number of aryl methyl sites for hydroxylation is 1. The summed E-state index contributed by atoms with van der Waals surface area (Å²) in [5.41, 5.74) is 1.91. The highest BCUT2D eigenvalue weighted by atomic mass is 15.4. The molecule has 0 atom stereocenters. The fraction of sp³-hybridized carbons (Fsp3) is 0.400. The molecule has 0 N–H and O–H groups in total. The van der Waals surface area contributed by atoms with Crippen LogP contribution in [0.3, 0.4) is 0 Å². The number of fused-ring (bicyclic) bond motifs is 1. The first-order valence-corrected chi connectivity index (χ1v) is 7.59. The molecule has 0 aromatic carbocycles. The first-order chi connectivity index (χ1) is 11.2. The number of hydrogen-bond acceptors (Lipinski definition) is 7. The van der Waals surface area contributed by atoms with Crippen molar-refractivity contribution in [1.82, 2.24) is 34.7 Å². The van der Waals surface area contributed by atoms with Gasteiger partial charge in [-0.2, -0.15) is 4.52 Å². The van der Waals surface area contributed by atoms with Crippen molar-refractivity contribution in [3.8, 4) is 0 Å². The molecule has 0 amide bonds. The van der Waals surface area contributed by atoms with Crippen LogP contribution in [0.15, 0.2) is 30.9 Å². The minimum atomic E-state index is 0.509. The molecule has 0 aliphatic carbocycles. The van der Waals surface area contributed by atoms with Gasteiger partial charge in [-0.05, 0) is 26.1 Å². The molecule has 1 aliphatic rings. The van der Waals surface area contributed by atoms with E-state index in [2.05, 4.69) is 42.1 Å². The van der Waals surface area contributed by atoms with Gasteiger partial charge in [0.15, 0.2) is 5.65 Å². The van der Waals surface area contributed by atoms with E-state index < -0.39 is 0 Å². The van der Waals surface area contributed by atoms with E-state index in [4.69, 9.17) is 0 Å². The Morgan fingerprint density at radius 1 is 1.22 bits per heavy atom. The van der Waals surface area contributed by atoms with E-state index >= 15 is 0 Å². The van der Waals surface area contributed by atoms with Crippen LogP contribution in [0.5, 0.6) is 0 Å². The van der Waals surface area contributed by atoms with Crippen molar-refractivity contribution in [2.24, 2.45) is 0 Å². The molecule has 1 aliphatic heterocycles. The molecular weight excluding hydrogens is 292 g/mol. The van der Waals surface area contributed by atoms with Gasteiger partial charge in [-0.15, -0.1) is 15.3 Å². The quantitative estimate of drug-likeness (QED) is 0.696. The Hall–Kier alpha value is -2.61. The van der Waals surface area contributed by atoms with Gasteiger partial charge < -0.3 is 4.90 Å². The highest BCUT2D eigenvalue weighted by Crippen LogP contribution is 2.22. The van der Waals surface area contributed by atoms with E-state index in [0.29, 0.717) is 6.04 Å². The maximum Gasteiger partial charge on any atom is 0.177 e. The van der Waals surface area contributed by atoms with E-state index in [-0.39, 0.29) is 0 Å². The first kappa shape index (κ1) is 14.0. The van der Waals surface area contributed by atoms with E-state index in [1.54, 1.807) is 10.8 Å². The summed E-state index contributed by atoms with van der Waals surface area (Å²) in [4.78, 5) is 13.1. The zero-order valence-corrected chi connectivity index (χ0v) is 13.2. The smallest absolute Gasteiger partial charge is 0.177 e. The molecule has 1 saturated heterocycles. The third kappa shape index (κ3) is 2.72. The van der Waals surface area contributed by atoms with Crippen LogP contribution >= 0.6 is 0 Å². The van der Waals surface area contributed by atoms with Crippen LogP contribution in [0, 0.1) is 6.92 Å². The fourth-order valence-electron chi connectivity index (χ4n) is 2.73. The average molecular weight is 310 g/mol. The van der Waals surface area contributed by atoms with Crippen molar-refractivity contribution in [3.05, 3.63) is 42.2 Å². The molecule has 8 heteroatoms. The normalized spacial score (nSPS) is 15.3. The Balaban J connectivity index is 1.37. The molecule has 0 spiro atoms. The van der Waals surface area contributed by atoms with Crippen molar-refractivity contribution in [2.45, 2.75) is 19.5 Å². The maximum atomic E-state index is 4.52. The van der Waals surface area contributed by atoms with Gasteiger partial charge >= 0.3 is 0 Å². The van der Waals surface area contributed by atoms with Gasteiger partial charge in [0.05, 0.1) is 0 Å². The summed E-state index contributed by atoms with van der Waals surface area (Å²) < 4.78 is 1.70. The minimum absolute atomic E-state index is 0.509. The van der Waals surface area contributed by atoms with Crippen molar-refractivity contribution < 1.29 is 0 Å². The van der Waals surface area contributed by atoms with Crippen molar-refractivity contribution in [3.63, 3.8) is 0 Å². The van der Waals surface area contributed by atoms with Crippen molar-refractivity contribution in [1.29, 1.82) is 0 Å². The Kier molecular flexibility index (Phi) is 3.38. The molecule has 3 aromatic rings. The summed E-state index contributed by atoms with van der Waals surface area (Å²) >= 11 is 0. The van der Waals surface area contributed by atoms with Crippen molar-refractivity contribution in [2.75, 3.05) is 25.0 Å². The third-order valence-electron chi connectivity index (χ3n) is 4.22. The SMILES string of the molecule is Cc1ncc(CN(C)C2CN(c3ccc4nncn4n3)C2)cn1. The molecule has 4 heterocycles. The highest BCUT2D eigenvalue weighted by Gasteiger charge is 2.31. The number of hydrogen-bond donors (Lipinski definition) is 0. The predicted octanol–water partition coefficient (Wildman–Crippen LogP) is 0.543. The Morgan fingerprint density at radius 2 is 2.00 bits per heavy atom. The van der Waals surface area contributed by atoms with E-state index in [1.807, 2.05) is 31.5 Å². The third-order valence-corrected chi connectivity index (χ3v) is 4.22. The Morgan fingerprint density at radius 3 is 2.78 bits per heavy atom. The molecule has 0 unspecified atom stereocenters. The Labute approximate surface area is 133 Å². The summed E-state index contributed by atoms with van der Waals surface area (Å²) in [6, 6.07) is 4.44. The molecule has 3 aromatic heterocycles.